The van der Waals surface area contributed by atoms with Crippen LogP contribution in [0.5, 0.6) is 0 Å². The summed E-state index contributed by atoms with van der Waals surface area (Å²) in [6, 6.07) is 6.67. The number of alkyl carbamates (subject to hydrolysis) is 1. The lowest BCUT2D eigenvalue weighted by Crippen LogP contribution is -2.36. The van der Waals surface area contributed by atoms with Gasteiger partial charge in [0, 0.05) is 6.54 Å². The Labute approximate surface area is 162 Å². The van der Waals surface area contributed by atoms with Crippen LogP contribution in [0.3, 0.4) is 0 Å². The number of benzene rings is 1. The first-order valence-corrected chi connectivity index (χ1v) is 10.9. The normalized spacial score (nSPS) is 20.9. The zero-order chi connectivity index (χ0) is 20.1. The van der Waals surface area contributed by atoms with E-state index in [4.69, 9.17) is 8.92 Å². The van der Waals surface area contributed by atoms with Crippen molar-refractivity contribution < 1.29 is 22.1 Å². The van der Waals surface area contributed by atoms with Crippen LogP contribution in [0, 0.1) is 18.8 Å². The molecule has 1 fully saturated rings. The van der Waals surface area contributed by atoms with E-state index in [0.29, 0.717) is 12.5 Å². The van der Waals surface area contributed by atoms with Gasteiger partial charge in [0.05, 0.1) is 11.5 Å². The van der Waals surface area contributed by atoms with Crippen LogP contribution in [0.2, 0.25) is 0 Å². The Hall–Kier alpha value is -1.60. The first-order chi connectivity index (χ1) is 12.5. The summed E-state index contributed by atoms with van der Waals surface area (Å²) in [6.07, 6.45) is 3.27. The zero-order valence-corrected chi connectivity index (χ0v) is 17.5. The summed E-state index contributed by atoms with van der Waals surface area (Å²) >= 11 is 0. The predicted octanol–water partition coefficient (Wildman–Crippen LogP) is 4.03. The number of hydrogen-bond acceptors (Lipinski definition) is 5. The molecule has 1 aromatic rings. The highest BCUT2D eigenvalue weighted by Gasteiger charge is 2.25. The molecule has 0 aromatic heterocycles. The molecule has 1 N–H and O–H groups in total. The Bertz CT molecular complexity index is 714. The molecule has 1 aliphatic rings. The molecule has 1 aromatic carbocycles. The van der Waals surface area contributed by atoms with E-state index in [-0.39, 0.29) is 17.4 Å². The van der Waals surface area contributed by atoms with Crippen LogP contribution in [-0.2, 0) is 19.0 Å². The van der Waals surface area contributed by atoms with Crippen LogP contribution in [0.4, 0.5) is 4.79 Å². The van der Waals surface area contributed by atoms with Crippen molar-refractivity contribution in [2.24, 2.45) is 11.8 Å². The summed E-state index contributed by atoms with van der Waals surface area (Å²) < 4.78 is 35.0. The van der Waals surface area contributed by atoms with E-state index in [2.05, 4.69) is 5.32 Å². The molecular weight excluding hydrogens is 366 g/mol. The number of nitrogens with one attached hydrogen (secondary N) is 1. The fraction of sp³-hybridized carbons (Fsp3) is 0.650. The lowest BCUT2D eigenvalue weighted by molar-refractivity contribution is 0.0511. The minimum Gasteiger partial charge on any atom is -0.444 e. The van der Waals surface area contributed by atoms with E-state index in [0.717, 1.165) is 31.2 Å². The van der Waals surface area contributed by atoms with Crippen LogP contribution in [0.1, 0.15) is 52.0 Å². The molecule has 0 unspecified atom stereocenters. The van der Waals surface area contributed by atoms with Crippen LogP contribution in [0.15, 0.2) is 29.2 Å². The first kappa shape index (κ1) is 21.7. The molecule has 2 rings (SSSR count). The van der Waals surface area contributed by atoms with E-state index in [1.165, 1.54) is 0 Å². The average molecular weight is 398 g/mol. The molecule has 1 saturated carbocycles. The van der Waals surface area contributed by atoms with Gasteiger partial charge in [0.25, 0.3) is 10.1 Å². The molecule has 1 amide bonds. The Kier molecular flexibility index (Phi) is 7.28. The number of carbonyl (C=O) groups is 1. The summed E-state index contributed by atoms with van der Waals surface area (Å²) in [7, 11) is -3.70. The Balaban J connectivity index is 1.71. The van der Waals surface area contributed by atoms with Gasteiger partial charge >= 0.3 is 6.09 Å². The topological polar surface area (TPSA) is 81.7 Å². The molecule has 0 saturated heterocycles. The van der Waals surface area contributed by atoms with Gasteiger partial charge in [0.15, 0.2) is 0 Å². The average Bonchev–Trinajstić information content (AvgIpc) is 2.58. The summed E-state index contributed by atoms with van der Waals surface area (Å²) in [4.78, 5) is 11.9. The summed E-state index contributed by atoms with van der Waals surface area (Å²) in [5.41, 5.74) is 0.509. The number of aryl methyl sites for hydroxylation is 1. The summed E-state index contributed by atoms with van der Waals surface area (Å²) in [5.74, 6) is 0.616. The quantitative estimate of drug-likeness (QED) is 0.733. The lowest BCUT2D eigenvalue weighted by atomic mass is 9.82. The van der Waals surface area contributed by atoms with Gasteiger partial charge in [-0.15, -0.1) is 0 Å². The van der Waals surface area contributed by atoms with Crippen molar-refractivity contribution in [3.8, 4) is 0 Å². The summed E-state index contributed by atoms with van der Waals surface area (Å²) in [5, 5.41) is 2.82. The highest BCUT2D eigenvalue weighted by molar-refractivity contribution is 7.86. The monoisotopic (exact) mass is 397 g/mol. The number of carbonyl (C=O) groups excluding carboxylic acids is 1. The molecule has 6 nitrogen and oxygen atoms in total. The van der Waals surface area contributed by atoms with E-state index < -0.39 is 21.8 Å². The second-order valence-electron chi connectivity index (χ2n) is 8.32. The largest absolute Gasteiger partial charge is 0.444 e. The molecule has 0 aliphatic heterocycles. The van der Waals surface area contributed by atoms with Crippen molar-refractivity contribution in [2.75, 3.05) is 13.2 Å². The van der Waals surface area contributed by atoms with E-state index in [1.54, 1.807) is 24.3 Å². The molecule has 27 heavy (non-hydrogen) atoms. The molecule has 0 spiro atoms. The smallest absolute Gasteiger partial charge is 0.407 e. The molecule has 0 radical (unpaired) electrons. The van der Waals surface area contributed by atoms with Gasteiger partial charge < -0.3 is 10.1 Å². The highest BCUT2D eigenvalue weighted by Crippen LogP contribution is 2.29. The number of amides is 1. The van der Waals surface area contributed by atoms with Crippen molar-refractivity contribution >= 4 is 16.2 Å². The fourth-order valence-electron chi connectivity index (χ4n) is 3.10. The maximum Gasteiger partial charge on any atom is 0.407 e. The predicted molar refractivity (Wildman–Crippen MR) is 104 cm³/mol. The molecular formula is C20H31NO5S. The maximum atomic E-state index is 12.3. The molecule has 152 valence electrons. The van der Waals surface area contributed by atoms with Crippen LogP contribution in [-0.4, -0.2) is 33.3 Å². The van der Waals surface area contributed by atoms with Gasteiger partial charge in [0.2, 0.25) is 0 Å². The number of rotatable bonds is 6. The third-order valence-electron chi connectivity index (χ3n) is 4.67. The second kappa shape index (κ2) is 9.06. The number of ether oxygens (including phenoxy) is 1. The van der Waals surface area contributed by atoms with Crippen molar-refractivity contribution in [1.82, 2.24) is 5.32 Å². The van der Waals surface area contributed by atoms with Crippen LogP contribution < -0.4 is 5.32 Å². The highest BCUT2D eigenvalue weighted by atomic mass is 32.2. The van der Waals surface area contributed by atoms with Gasteiger partial charge in [-0.05, 0) is 77.3 Å². The molecule has 7 heteroatoms. The third kappa shape index (κ3) is 7.50. The van der Waals surface area contributed by atoms with Gasteiger partial charge in [-0.25, -0.2) is 4.79 Å². The van der Waals surface area contributed by atoms with E-state index in [1.807, 2.05) is 27.7 Å². The van der Waals surface area contributed by atoms with Gasteiger partial charge in [0.1, 0.15) is 5.60 Å². The minimum atomic E-state index is -3.70. The molecule has 0 heterocycles. The van der Waals surface area contributed by atoms with Crippen molar-refractivity contribution in [3.05, 3.63) is 29.8 Å². The van der Waals surface area contributed by atoms with Crippen LogP contribution >= 0.6 is 0 Å². The SMILES string of the molecule is Cc1ccc(S(=O)(=O)OCC2CCC(CNC(=O)OC(C)(C)C)CC2)cc1. The number of hydrogen-bond donors (Lipinski definition) is 1. The van der Waals surface area contributed by atoms with E-state index in [9.17, 15) is 13.2 Å². The maximum absolute atomic E-state index is 12.3. The van der Waals surface area contributed by atoms with Crippen LogP contribution in [0.25, 0.3) is 0 Å². The van der Waals surface area contributed by atoms with Gasteiger partial charge in [-0.1, -0.05) is 17.7 Å². The molecule has 1 aliphatic carbocycles. The minimum absolute atomic E-state index is 0.198. The van der Waals surface area contributed by atoms with Crippen molar-refractivity contribution in [3.63, 3.8) is 0 Å². The fourth-order valence-corrected chi connectivity index (χ4v) is 4.08. The van der Waals surface area contributed by atoms with Crippen molar-refractivity contribution in [1.29, 1.82) is 0 Å². The Morgan fingerprint density at radius 3 is 2.19 bits per heavy atom. The third-order valence-corrected chi connectivity index (χ3v) is 5.96. The standard InChI is InChI=1S/C20H31NO5S/c1-15-5-11-18(12-6-15)27(23,24)25-14-17-9-7-16(8-10-17)13-21-19(22)26-20(2,3)4/h5-6,11-12,16-17H,7-10,13-14H2,1-4H3,(H,21,22). The van der Waals surface area contributed by atoms with Gasteiger partial charge in [-0.2, -0.15) is 8.42 Å². The Morgan fingerprint density at radius 1 is 1.07 bits per heavy atom. The van der Waals surface area contributed by atoms with Gasteiger partial charge in [-0.3, -0.25) is 4.18 Å². The molecule has 0 bridgehead atoms. The summed E-state index contributed by atoms with van der Waals surface area (Å²) in [6.45, 7) is 8.22. The first-order valence-electron chi connectivity index (χ1n) is 9.48. The second-order valence-corrected chi connectivity index (χ2v) is 9.94. The molecule has 0 atom stereocenters. The Morgan fingerprint density at radius 2 is 1.63 bits per heavy atom. The zero-order valence-electron chi connectivity index (χ0n) is 16.7. The van der Waals surface area contributed by atoms with Crippen molar-refractivity contribution in [2.45, 2.75) is 63.9 Å². The lowest BCUT2D eigenvalue weighted by Gasteiger charge is -2.28. The van der Waals surface area contributed by atoms with E-state index >= 15 is 0 Å².